The molecule has 2 aliphatic rings. The summed E-state index contributed by atoms with van der Waals surface area (Å²) in [4.78, 5) is 4.58. The molecule has 0 radical (unpaired) electrons. The molecular formula is C35H39BrN2O3. The summed E-state index contributed by atoms with van der Waals surface area (Å²) in [5, 5.41) is 0. The molecule has 4 aromatic rings. The second-order valence-corrected chi connectivity index (χ2v) is 11.6. The highest BCUT2D eigenvalue weighted by Gasteiger charge is 2.23. The molecule has 0 amide bonds. The van der Waals surface area contributed by atoms with Gasteiger partial charge in [0.05, 0.1) is 20.3 Å². The Balaban J connectivity index is 0.000000165. The third-order valence-electron chi connectivity index (χ3n) is 7.63. The number of hydrogen-bond donors (Lipinski definition) is 0. The first kappa shape index (κ1) is 29.5. The van der Waals surface area contributed by atoms with Crippen molar-refractivity contribution in [2.45, 2.75) is 25.3 Å². The highest BCUT2D eigenvalue weighted by molar-refractivity contribution is 9.10. The van der Waals surface area contributed by atoms with E-state index in [4.69, 9.17) is 14.2 Å². The zero-order valence-corrected chi connectivity index (χ0v) is 25.7. The average Bonchev–Trinajstić information content (AvgIpc) is 2.98. The Bertz CT molecular complexity index is 1400. The van der Waals surface area contributed by atoms with E-state index in [1.807, 2.05) is 18.2 Å². The van der Waals surface area contributed by atoms with Gasteiger partial charge in [-0.25, -0.2) is 0 Å². The van der Waals surface area contributed by atoms with E-state index in [0.29, 0.717) is 0 Å². The van der Waals surface area contributed by atoms with Crippen LogP contribution in [0.15, 0.2) is 102 Å². The van der Waals surface area contributed by atoms with Gasteiger partial charge in [-0.3, -0.25) is 9.80 Å². The minimum Gasteiger partial charge on any atom is -0.497 e. The molecule has 214 valence electrons. The molecule has 4 aromatic carbocycles. The summed E-state index contributed by atoms with van der Waals surface area (Å²) in [6.07, 6.45) is 0.00222. The van der Waals surface area contributed by atoms with Crippen LogP contribution < -0.4 is 4.74 Å². The van der Waals surface area contributed by atoms with E-state index in [-0.39, 0.29) is 12.2 Å². The summed E-state index contributed by atoms with van der Waals surface area (Å²) in [7, 11) is 5.97. The van der Waals surface area contributed by atoms with Crippen molar-refractivity contribution in [1.82, 2.24) is 9.80 Å². The molecule has 2 unspecified atom stereocenters. The molecule has 2 atom stereocenters. The van der Waals surface area contributed by atoms with Crippen LogP contribution in [0.4, 0.5) is 0 Å². The summed E-state index contributed by atoms with van der Waals surface area (Å²) in [5.74, 6) is 0.876. The maximum atomic E-state index is 6.17. The van der Waals surface area contributed by atoms with Gasteiger partial charge in [-0.05, 0) is 71.7 Å². The van der Waals surface area contributed by atoms with Gasteiger partial charge in [0.15, 0.2) is 0 Å². The molecule has 41 heavy (non-hydrogen) atoms. The van der Waals surface area contributed by atoms with Crippen LogP contribution in [0.3, 0.4) is 0 Å². The number of ether oxygens (including phenoxy) is 3. The maximum absolute atomic E-state index is 6.17. The smallest absolute Gasteiger partial charge is 0.119 e. The lowest BCUT2D eigenvalue weighted by molar-refractivity contribution is 0.0552. The molecular weight excluding hydrogens is 576 g/mol. The van der Waals surface area contributed by atoms with Crippen LogP contribution in [0.1, 0.15) is 45.6 Å². The van der Waals surface area contributed by atoms with Crippen LogP contribution in [-0.2, 0) is 22.6 Å². The summed E-state index contributed by atoms with van der Waals surface area (Å²) in [6, 6.07) is 33.6. The molecule has 5 nitrogen and oxygen atoms in total. The summed E-state index contributed by atoms with van der Waals surface area (Å²) in [5.41, 5.74) is 7.51. The van der Waals surface area contributed by atoms with Gasteiger partial charge in [-0.1, -0.05) is 88.7 Å². The van der Waals surface area contributed by atoms with Crippen molar-refractivity contribution in [2.75, 3.05) is 47.5 Å². The largest absolute Gasteiger partial charge is 0.497 e. The first-order valence-electron chi connectivity index (χ1n) is 14.2. The van der Waals surface area contributed by atoms with Gasteiger partial charge >= 0.3 is 0 Å². The third kappa shape index (κ3) is 7.64. The van der Waals surface area contributed by atoms with Crippen LogP contribution in [0.25, 0.3) is 0 Å². The van der Waals surface area contributed by atoms with Gasteiger partial charge in [0, 0.05) is 30.7 Å². The van der Waals surface area contributed by atoms with Gasteiger partial charge in [-0.15, -0.1) is 0 Å². The number of rotatable bonds is 3. The van der Waals surface area contributed by atoms with Crippen molar-refractivity contribution in [3.05, 3.63) is 135 Å². The lowest BCUT2D eigenvalue weighted by Gasteiger charge is -2.28. The predicted octanol–water partition coefficient (Wildman–Crippen LogP) is 7.25. The summed E-state index contributed by atoms with van der Waals surface area (Å²) < 4.78 is 18.8. The van der Waals surface area contributed by atoms with Gasteiger partial charge in [-0.2, -0.15) is 0 Å². The number of halogens is 1. The SMILES string of the molecule is CN1CCOC(c2ccccc2)c2cc(Br)ccc2C1.COc1ccc2c(c1)C(c1ccccc1)OCCN(C)C2. The molecule has 2 aliphatic heterocycles. The Morgan fingerprint density at radius 3 is 1.66 bits per heavy atom. The number of benzene rings is 4. The predicted molar refractivity (Wildman–Crippen MR) is 168 cm³/mol. The highest BCUT2D eigenvalue weighted by atomic mass is 79.9. The number of likely N-dealkylation sites (N-methyl/N-ethyl adjacent to an activating group) is 2. The van der Waals surface area contributed by atoms with Crippen LogP contribution >= 0.6 is 15.9 Å². The molecule has 0 fully saturated rings. The van der Waals surface area contributed by atoms with Crippen LogP contribution in [0, 0.1) is 0 Å². The lowest BCUT2D eigenvalue weighted by atomic mass is 9.95. The van der Waals surface area contributed by atoms with E-state index in [1.165, 1.54) is 33.4 Å². The van der Waals surface area contributed by atoms with Crippen LogP contribution in [-0.4, -0.2) is 57.3 Å². The summed E-state index contributed by atoms with van der Waals surface area (Å²) >= 11 is 3.58. The monoisotopic (exact) mass is 614 g/mol. The van der Waals surface area contributed by atoms with E-state index < -0.39 is 0 Å². The van der Waals surface area contributed by atoms with E-state index >= 15 is 0 Å². The summed E-state index contributed by atoms with van der Waals surface area (Å²) in [6.45, 7) is 5.28. The molecule has 0 saturated carbocycles. The number of fused-ring (bicyclic) bond motifs is 2. The highest BCUT2D eigenvalue weighted by Crippen LogP contribution is 2.34. The van der Waals surface area contributed by atoms with E-state index in [1.54, 1.807) is 7.11 Å². The van der Waals surface area contributed by atoms with Gasteiger partial charge in [0.2, 0.25) is 0 Å². The molecule has 2 heterocycles. The van der Waals surface area contributed by atoms with Gasteiger partial charge in [0.1, 0.15) is 18.0 Å². The molecule has 6 heteroatoms. The van der Waals surface area contributed by atoms with Crippen LogP contribution in [0.5, 0.6) is 5.75 Å². The van der Waals surface area contributed by atoms with Crippen molar-refractivity contribution < 1.29 is 14.2 Å². The number of hydrogen-bond acceptors (Lipinski definition) is 5. The topological polar surface area (TPSA) is 34.2 Å². The zero-order valence-electron chi connectivity index (χ0n) is 24.1. The van der Waals surface area contributed by atoms with E-state index in [2.05, 4.69) is 119 Å². The second kappa shape index (κ2) is 14.3. The molecule has 6 rings (SSSR count). The molecule has 0 spiro atoms. The van der Waals surface area contributed by atoms with Crippen molar-refractivity contribution in [3.63, 3.8) is 0 Å². The third-order valence-corrected chi connectivity index (χ3v) is 8.12. The molecule has 0 N–H and O–H groups in total. The van der Waals surface area contributed by atoms with Crippen molar-refractivity contribution in [2.24, 2.45) is 0 Å². The van der Waals surface area contributed by atoms with E-state index in [0.717, 1.165) is 49.6 Å². The Morgan fingerprint density at radius 1 is 0.659 bits per heavy atom. The number of nitrogens with zero attached hydrogens (tertiary/aromatic N) is 2. The quantitative estimate of drug-likeness (QED) is 0.243. The lowest BCUT2D eigenvalue weighted by Crippen LogP contribution is -2.27. The molecule has 0 bridgehead atoms. The zero-order chi connectivity index (χ0) is 28.6. The molecule has 0 saturated heterocycles. The average molecular weight is 616 g/mol. The van der Waals surface area contributed by atoms with Gasteiger partial charge < -0.3 is 14.2 Å². The first-order chi connectivity index (χ1) is 20.0. The second-order valence-electron chi connectivity index (χ2n) is 10.7. The first-order valence-corrected chi connectivity index (χ1v) is 15.0. The Kier molecular flexibility index (Phi) is 10.3. The van der Waals surface area contributed by atoms with E-state index in [9.17, 15) is 0 Å². The van der Waals surface area contributed by atoms with Crippen LogP contribution in [0.2, 0.25) is 0 Å². The van der Waals surface area contributed by atoms with Gasteiger partial charge in [0.25, 0.3) is 0 Å². The minimum atomic E-state index is -0.0231. The fourth-order valence-electron chi connectivity index (χ4n) is 5.42. The van der Waals surface area contributed by atoms with Crippen molar-refractivity contribution in [1.29, 1.82) is 0 Å². The molecule has 0 aromatic heterocycles. The minimum absolute atomic E-state index is 0.0231. The Morgan fingerprint density at radius 2 is 1.15 bits per heavy atom. The molecule has 0 aliphatic carbocycles. The maximum Gasteiger partial charge on any atom is 0.119 e. The van der Waals surface area contributed by atoms with Crippen molar-refractivity contribution in [3.8, 4) is 5.75 Å². The number of methoxy groups -OCH3 is 1. The normalized spacial score (nSPS) is 19.7. The fraction of sp³-hybridized carbons (Fsp3) is 0.314. The fourth-order valence-corrected chi connectivity index (χ4v) is 5.80. The Labute approximate surface area is 252 Å². The Hall–Kier alpha value is -3.00. The van der Waals surface area contributed by atoms with Crippen molar-refractivity contribution >= 4 is 15.9 Å². The standard InChI is InChI=1S/C18H21NO2.C17H18BrNO/c1-19-10-11-21-18(14-6-4-3-5-7-14)17-12-16(20-2)9-8-15(17)13-19;1-19-9-10-20-17(13-5-3-2-4-6-13)16-11-15(18)8-7-14(16)12-19/h3-9,12,18H,10-11,13H2,1-2H3;2-8,11,17H,9-10,12H2,1H3.